The van der Waals surface area contributed by atoms with Gasteiger partial charge in [0.15, 0.2) is 0 Å². The molecule has 1 atom stereocenters. The minimum absolute atomic E-state index is 0.493. The molecule has 1 heterocycles. The second kappa shape index (κ2) is 4.84. The lowest BCUT2D eigenvalue weighted by atomic mass is 10.2. The quantitative estimate of drug-likeness (QED) is 0.849. The zero-order chi connectivity index (χ0) is 11.4. The number of aromatic nitrogens is 2. The molecule has 3 nitrogen and oxygen atoms in total. The van der Waals surface area contributed by atoms with Gasteiger partial charge >= 0.3 is 0 Å². The molecular weight excluding hydrogens is 198 g/mol. The fraction of sp³-hybridized carbons (Fsp3) is 0.308. The first-order chi connectivity index (χ1) is 7.79. The lowest BCUT2D eigenvalue weighted by Gasteiger charge is -2.13. The summed E-state index contributed by atoms with van der Waals surface area (Å²) < 4.78 is 1.86. The minimum atomic E-state index is 0.493. The normalized spacial score (nSPS) is 12.4. The van der Waals surface area contributed by atoms with Gasteiger partial charge in [-0.25, -0.2) is 4.68 Å². The second-order valence-corrected chi connectivity index (χ2v) is 3.95. The van der Waals surface area contributed by atoms with E-state index in [2.05, 4.69) is 42.5 Å². The maximum absolute atomic E-state index is 4.22. The number of hydrogen-bond acceptors (Lipinski definition) is 2. The molecule has 3 heteroatoms. The Morgan fingerprint density at radius 2 is 2.25 bits per heavy atom. The van der Waals surface area contributed by atoms with E-state index < -0.39 is 0 Å². The number of rotatable bonds is 4. The van der Waals surface area contributed by atoms with Crippen LogP contribution in [0.2, 0.25) is 0 Å². The highest BCUT2D eigenvalue weighted by molar-refractivity contribution is 5.51. The van der Waals surface area contributed by atoms with Crippen molar-refractivity contribution in [1.82, 2.24) is 9.78 Å². The van der Waals surface area contributed by atoms with Crippen molar-refractivity contribution in [3.63, 3.8) is 0 Å². The molecule has 0 saturated heterocycles. The van der Waals surface area contributed by atoms with E-state index in [-0.39, 0.29) is 0 Å². The first-order valence-electron chi connectivity index (χ1n) is 5.66. The Hall–Kier alpha value is -1.77. The largest absolute Gasteiger partial charge is 0.383 e. The minimum Gasteiger partial charge on any atom is -0.383 e. The number of benzene rings is 1. The van der Waals surface area contributed by atoms with Crippen molar-refractivity contribution in [2.45, 2.75) is 26.3 Å². The van der Waals surface area contributed by atoms with Gasteiger partial charge in [-0.15, -0.1) is 0 Å². The van der Waals surface area contributed by atoms with E-state index in [9.17, 15) is 0 Å². The van der Waals surface area contributed by atoms with E-state index in [1.54, 1.807) is 6.20 Å². The van der Waals surface area contributed by atoms with Gasteiger partial charge in [0, 0.05) is 24.1 Å². The smallest absolute Gasteiger partial charge is 0.0666 e. The predicted molar refractivity (Wildman–Crippen MR) is 66.9 cm³/mol. The van der Waals surface area contributed by atoms with Crippen LogP contribution in [0.5, 0.6) is 0 Å². The van der Waals surface area contributed by atoms with Gasteiger partial charge in [0.1, 0.15) is 0 Å². The number of nitrogens with zero attached hydrogens (tertiary/aromatic N) is 2. The molecule has 0 bridgehead atoms. The van der Waals surface area contributed by atoms with Crippen LogP contribution in [-0.2, 0) is 0 Å². The summed E-state index contributed by atoms with van der Waals surface area (Å²) in [6.07, 6.45) is 4.85. The van der Waals surface area contributed by atoms with Gasteiger partial charge in [0.05, 0.1) is 5.69 Å². The molecule has 0 radical (unpaired) electrons. The molecule has 2 rings (SSSR count). The molecule has 0 aliphatic carbocycles. The molecule has 1 aromatic carbocycles. The Bertz CT molecular complexity index is 434. The van der Waals surface area contributed by atoms with Gasteiger partial charge < -0.3 is 5.32 Å². The van der Waals surface area contributed by atoms with Crippen molar-refractivity contribution < 1.29 is 0 Å². The molecule has 1 N–H and O–H groups in total. The molecule has 0 saturated carbocycles. The standard InChI is InChI=1S/C13H17N3/c1-3-11(2)15-12-6-4-7-13(10-12)16-9-5-8-14-16/h4-11,15H,3H2,1-2H3. The molecule has 0 aliphatic heterocycles. The van der Waals surface area contributed by atoms with Gasteiger partial charge in [0.2, 0.25) is 0 Å². The lowest BCUT2D eigenvalue weighted by molar-refractivity contribution is 0.763. The SMILES string of the molecule is CCC(C)Nc1cccc(-n2cccn2)c1. The van der Waals surface area contributed by atoms with Crippen LogP contribution in [0, 0.1) is 0 Å². The van der Waals surface area contributed by atoms with E-state index in [4.69, 9.17) is 0 Å². The summed E-state index contributed by atoms with van der Waals surface area (Å²) in [7, 11) is 0. The third kappa shape index (κ3) is 2.42. The van der Waals surface area contributed by atoms with Crippen molar-refractivity contribution in [2.24, 2.45) is 0 Å². The Balaban J connectivity index is 2.20. The zero-order valence-electron chi connectivity index (χ0n) is 9.72. The molecule has 0 spiro atoms. The van der Waals surface area contributed by atoms with Crippen LogP contribution < -0.4 is 5.32 Å². The number of hydrogen-bond donors (Lipinski definition) is 1. The molecule has 0 amide bonds. The van der Waals surface area contributed by atoms with Gasteiger partial charge in [0.25, 0.3) is 0 Å². The summed E-state index contributed by atoms with van der Waals surface area (Å²) in [5.41, 5.74) is 2.22. The molecule has 1 aromatic heterocycles. The fourth-order valence-electron chi connectivity index (χ4n) is 1.55. The van der Waals surface area contributed by atoms with Gasteiger partial charge in [-0.1, -0.05) is 13.0 Å². The Kier molecular flexibility index (Phi) is 3.25. The average Bonchev–Trinajstić information content (AvgIpc) is 2.83. The predicted octanol–water partition coefficient (Wildman–Crippen LogP) is 3.08. The number of nitrogens with one attached hydrogen (secondary N) is 1. The van der Waals surface area contributed by atoms with Crippen LogP contribution in [0.1, 0.15) is 20.3 Å². The zero-order valence-corrected chi connectivity index (χ0v) is 9.72. The van der Waals surface area contributed by atoms with Crippen LogP contribution >= 0.6 is 0 Å². The first kappa shape index (κ1) is 10.7. The van der Waals surface area contributed by atoms with Crippen molar-refractivity contribution in [3.8, 4) is 5.69 Å². The topological polar surface area (TPSA) is 29.9 Å². The third-order valence-electron chi connectivity index (χ3n) is 2.64. The van der Waals surface area contributed by atoms with E-state index in [0.717, 1.165) is 17.8 Å². The summed E-state index contributed by atoms with van der Waals surface area (Å²) in [5, 5.41) is 7.67. The maximum Gasteiger partial charge on any atom is 0.0666 e. The van der Waals surface area contributed by atoms with Crippen LogP contribution in [-0.4, -0.2) is 15.8 Å². The summed E-state index contributed by atoms with van der Waals surface area (Å²) in [6.45, 7) is 4.36. The second-order valence-electron chi connectivity index (χ2n) is 3.95. The van der Waals surface area contributed by atoms with Crippen LogP contribution in [0.4, 0.5) is 5.69 Å². The van der Waals surface area contributed by atoms with E-state index in [0.29, 0.717) is 6.04 Å². The molecule has 1 unspecified atom stereocenters. The molecule has 16 heavy (non-hydrogen) atoms. The highest BCUT2D eigenvalue weighted by Gasteiger charge is 2.01. The summed E-state index contributed by atoms with van der Waals surface area (Å²) in [5.74, 6) is 0. The lowest BCUT2D eigenvalue weighted by Crippen LogP contribution is -2.13. The van der Waals surface area contributed by atoms with Crippen molar-refractivity contribution in [2.75, 3.05) is 5.32 Å². The van der Waals surface area contributed by atoms with Crippen LogP contribution in [0.15, 0.2) is 42.7 Å². The summed E-state index contributed by atoms with van der Waals surface area (Å²) in [6, 6.07) is 10.7. The molecule has 0 aliphatic rings. The van der Waals surface area contributed by atoms with Gasteiger partial charge in [-0.05, 0) is 37.6 Å². The summed E-state index contributed by atoms with van der Waals surface area (Å²) in [4.78, 5) is 0. The fourth-order valence-corrected chi connectivity index (χ4v) is 1.55. The van der Waals surface area contributed by atoms with Crippen LogP contribution in [0.3, 0.4) is 0 Å². The molecule has 0 fully saturated rings. The molecule has 84 valence electrons. The van der Waals surface area contributed by atoms with E-state index in [1.807, 2.05) is 23.0 Å². The number of anilines is 1. The highest BCUT2D eigenvalue weighted by Crippen LogP contribution is 2.15. The van der Waals surface area contributed by atoms with Gasteiger partial charge in [-0.3, -0.25) is 0 Å². The van der Waals surface area contributed by atoms with Crippen molar-refractivity contribution in [1.29, 1.82) is 0 Å². The maximum atomic E-state index is 4.22. The monoisotopic (exact) mass is 215 g/mol. The summed E-state index contributed by atoms with van der Waals surface area (Å²) >= 11 is 0. The Labute approximate surface area is 96.1 Å². The molecular formula is C13H17N3. The van der Waals surface area contributed by atoms with Gasteiger partial charge in [-0.2, -0.15) is 5.10 Å². The van der Waals surface area contributed by atoms with E-state index in [1.165, 1.54) is 0 Å². The third-order valence-corrected chi connectivity index (χ3v) is 2.64. The molecule has 2 aromatic rings. The van der Waals surface area contributed by atoms with Crippen molar-refractivity contribution >= 4 is 5.69 Å². The van der Waals surface area contributed by atoms with Crippen molar-refractivity contribution in [3.05, 3.63) is 42.7 Å². The Morgan fingerprint density at radius 3 is 2.94 bits per heavy atom. The highest BCUT2D eigenvalue weighted by atomic mass is 15.3. The first-order valence-corrected chi connectivity index (χ1v) is 5.66. The average molecular weight is 215 g/mol. The Morgan fingerprint density at radius 1 is 1.38 bits per heavy atom. The van der Waals surface area contributed by atoms with E-state index >= 15 is 0 Å². The van der Waals surface area contributed by atoms with Crippen LogP contribution in [0.25, 0.3) is 5.69 Å².